The van der Waals surface area contributed by atoms with Crippen molar-refractivity contribution in [3.05, 3.63) is 35.4 Å². The van der Waals surface area contributed by atoms with Gasteiger partial charge in [-0.1, -0.05) is 45.0 Å². The van der Waals surface area contributed by atoms with Gasteiger partial charge in [0.1, 0.15) is 0 Å². The molecule has 1 rings (SSSR count). The molecule has 4 N–H and O–H groups in total. The highest BCUT2D eigenvalue weighted by Crippen LogP contribution is 2.27. The SMILES string of the molecule is CCC(C)(C)c1ccc([C@@H](N)CN)cc1. The van der Waals surface area contributed by atoms with Crippen LogP contribution >= 0.6 is 0 Å². The predicted octanol–water partition coefficient (Wildman–Crippen LogP) is 2.33. The second kappa shape index (κ2) is 4.77. The average molecular weight is 206 g/mol. The fraction of sp³-hybridized carbons (Fsp3) is 0.538. The van der Waals surface area contributed by atoms with E-state index in [0.717, 1.165) is 12.0 Å². The second-order valence-corrected chi connectivity index (χ2v) is 4.70. The summed E-state index contributed by atoms with van der Waals surface area (Å²) in [5, 5.41) is 0. The summed E-state index contributed by atoms with van der Waals surface area (Å²) in [7, 11) is 0. The Morgan fingerprint density at radius 1 is 1.20 bits per heavy atom. The minimum absolute atomic E-state index is 0.0382. The van der Waals surface area contributed by atoms with Crippen molar-refractivity contribution in [2.45, 2.75) is 38.6 Å². The van der Waals surface area contributed by atoms with Crippen LogP contribution in [0.1, 0.15) is 44.4 Å². The van der Waals surface area contributed by atoms with E-state index in [2.05, 4.69) is 45.0 Å². The lowest BCUT2D eigenvalue weighted by Gasteiger charge is -2.23. The number of rotatable bonds is 4. The molecule has 0 aromatic heterocycles. The molecule has 2 heteroatoms. The summed E-state index contributed by atoms with van der Waals surface area (Å²) in [6.07, 6.45) is 1.13. The third kappa shape index (κ3) is 2.80. The lowest BCUT2D eigenvalue weighted by molar-refractivity contribution is 0.506. The summed E-state index contributed by atoms with van der Waals surface area (Å²) in [4.78, 5) is 0. The van der Waals surface area contributed by atoms with Gasteiger partial charge in [-0.3, -0.25) is 0 Å². The quantitative estimate of drug-likeness (QED) is 0.794. The molecule has 0 bridgehead atoms. The molecule has 0 spiro atoms. The third-order valence-corrected chi connectivity index (χ3v) is 3.26. The molecular formula is C13H22N2. The van der Waals surface area contributed by atoms with E-state index in [1.54, 1.807) is 0 Å². The third-order valence-electron chi connectivity index (χ3n) is 3.26. The summed E-state index contributed by atoms with van der Waals surface area (Å²) >= 11 is 0. The fourth-order valence-electron chi connectivity index (χ4n) is 1.52. The molecule has 1 atom stereocenters. The molecule has 1 aromatic rings. The Balaban J connectivity index is 2.90. The topological polar surface area (TPSA) is 52.0 Å². The minimum Gasteiger partial charge on any atom is -0.329 e. The Morgan fingerprint density at radius 2 is 1.73 bits per heavy atom. The maximum absolute atomic E-state index is 5.86. The first-order chi connectivity index (χ1) is 7.01. The van der Waals surface area contributed by atoms with E-state index in [1.165, 1.54) is 5.56 Å². The van der Waals surface area contributed by atoms with E-state index in [0.29, 0.717) is 6.54 Å². The zero-order chi connectivity index (χ0) is 11.5. The molecule has 0 heterocycles. The number of hydrogen-bond donors (Lipinski definition) is 2. The molecule has 0 aliphatic heterocycles. The Hall–Kier alpha value is -0.860. The van der Waals surface area contributed by atoms with E-state index >= 15 is 0 Å². The highest BCUT2D eigenvalue weighted by Gasteiger charge is 2.17. The van der Waals surface area contributed by atoms with Crippen molar-refractivity contribution in [2.24, 2.45) is 11.5 Å². The van der Waals surface area contributed by atoms with Gasteiger partial charge in [0.2, 0.25) is 0 Å². The van der Waals surface area contributed by atoms with Crippen LogP contribution in [0.3, 0.4) is 0 Å². The Labute approximate surface area is 92.7 Å². The minimum atomic E-state index is -0.0382. The molecule has 0 fully saturated rings. The summed E-state index contributed by atoms with van der Waals surface area (Å²) in [6, 6.07) is 8.46. The van der Waals surface area contributed by atoms with Crippen LogP contribution in [0.4, 0.5) is 0 Å². The maximum atomic E-state index is 5.86. The zero-order valence-corrected chi connectivity index (χ0v) is 9.96. The summed E-state index contributed by atoms with van der Waals surface area (Å²) in [5.74, 6) is 0. The van der Waals surface area contributed by atoms with Gasteiger partial charge in [-0.05, 0) is 23.0 Å². The van der Waals surface area contributed by atoms with Gasteiger partial charge in [-0.2, -0.15) is 0 Å². The van der Waals surface area contributed by atoms with Crippen molar-refractivity contribution in [3.63, 3.8) is 0 Å². The van der Waals surface area contributed by atoms with Crippen LogP contribution in [0, 0.1) is 0 Å². The summed E-state index contributed by atoms with van der Waals surface area (Å²) in [5.41, 5.74) is 14.1. The first-order valence-corrected chi connectivity index (χ1v) is 5.57. The first kappa shape index (κ1) is 12.2. The molecule has 0 saturated carbocycles. The molecule has 15 heavy (non-hydrogen) atoms. The molecule has 0 aliphatic rings. The van der Waals surface area contributed by atoms with Gasteiger partial charge in [0, 0.05) is 12.6 Å². The molecule has 0 radical (unpaired) electrons. The second-order valence-electron chi connectivity index (χ2n) is 4.70. The highest BCUT2D eigenvalue weighted by molar-refractivity contribution is 5.29. The van der Waals surface area contributed by atoms with Crippen molar-refractivity contribution in [1.82, 2.24) is 0 Å². The molecule has 0 unspecified atom stereocenters. The first-order valence-electron chi connectivity index (χ1n) is 5.57. The van der Waals surface area contributed by atoms with Crippen LogP contribution in [0.2, 0.25) is 0 Å². The lowest BCUT2D eigenvalue weighted by Crippen LogP contribution is -2.21. The lowest BCUT2D eigenvalue weighted by atomic mass is 9.82. The summed E-state index contributed by atoms with van der Waals surface area (Å²) in [6.45, 7) is 7.21. The Morgan fingerprint density at radius 3 is 2.13 bits per heavy atom. The largest absolute Gasteiger partial charge is 0.329 e. The Kier molecular flexibility index (Phi) is 3.89. The molecular weight excluding hydrogens is 184 g/mol. The smallest absolute Gasteiger partial charge is 0.0419 e. The number of benzene rings is 1. The van der Waals surface area contributed by atoms with Gasteiger partial charge < -0.3 is 11.5 Å². The number of hydrogen-bond acceptors (Lipinski definition) is 2. The van der Waals surface area contributed by atoms with Crippen LogP contribution in [-0.4, -0.2) is 6.54 Å². The van der Waals surface area contributed by atoms with Crippen LogP contribution in [0.15, 0.2) is 24.3 Å². The van der Waals surface area contributed by atoms with Gasteiger partial charge in [0.15, 0.2) is 0 Å². The molecule has 84 valence electrons. The van der Waals surface area contributed by atoms with E-state index in [1.807, 2.05) is 0 Å². The zero-order valence-electron chi connectivity index (χ0n) is 9.96. The van der Waals surface area contributed by atoms with Crippen molar-refractivity contribution < 1.29 is 0 Å². The Bertz CT molecular complexity index is 301. The van der Waals surface area contributed by atoms with Crippen LogP contribution < -0.4 is 11.5 Å². The molecule has 0 amide bonds. The molecule has 0 saturated heterocycles. The summed E-state index contributed by atoms with van der Waals surface area (Å²) < 4.78 is 0. The van der Waals surface area contributed by atoms with Crippen molar-refractivity contribution in [2.75, 3.05) is 6.54 Å². The molecule has 1 aromatic carbocycles. The van der Waals surface area contributed by atoms with Gasteiger partial charge in [0.05, 0.1) is 0 Å². The fourth-order valence-corrected chi connectivity index (χ4v) is 1.52. The van der Waals surface area contributed by atoms with Gasteiger partial charge in [-0.15, -0.1) is 0 Å². The van der Waals surface area contributed by atoms with Gasteiger partial charge >= 0.3 is 0 Å². The normalized spacial score (nSPS) is 13.9. The monoisotopic (exact) mass is 206 g/mol. The predicted molar refractivity (Wildman–Crippen MR) is 65.7 cm³/mol. The standard InChI is InChI=1S/C13H22N2/c1-4-13(2,3)11-7-5-10(6-8-11)12(15)9-14/h5-8,12H,4,9,14-15H2,1-3H3/t12-/m0/s1. The van der Waals surface area contributed by atoms with Gasteiger partial charge in [-0.25, -0.2) is 0 Å². The van der Waals surface area contributed by atoms with Crippen LogP contribution in [0.25, 0.3) is 0 Å². The van der Waals surface area contributed by atoms with Crippen molar-refractivity contribution in [1.29, 1.82) is 0 Å². The van der Waals surface area contributed by atoms with Gasteiger partial charge in [0.25, 0.3) is 0 Å². The molecule has 2 nitrogen and oxygen atoms in total. The average Bonchev–Trinajstić information content (AvgIpc) is 2.28. The maximum Gasteiger partial charge on any atom is 0.0419 e. The van der Waals surface area contributed by atoms with E-state index < -0.39 is 0 Å². The van der Waals surface area contributed by atoms with Crippen LogP contribution in [0.5, 0.6) is 0 Å². The van der Waals surface area contributed by atoms with E-state index in [9.17, 15) is 0 Å². The van der Waals surface area contributed by atoms with Crippen molar-refractivity contribution in [3.8, 4) is 0 Å². The number of nitrogens with two attached hydrogens (primary N) is 2. The highest BCUT2D eigenvalue weighted by atomic mass is 14.7. The van der Waals surface area contributed by atoms with E-state index in [-0.39, 0.29) is 11.5 Å². The van der Waals surface area contributed by atoms with Crippen molar-refractivity contribution >= 4 is 0 Å². The van der Waals surface area contributed by atoms with E-state index in [4.69, 9.17) is 11.5 Å². The molecule has 0 aliphatic carbocycles. The van der Waals surface area contributed by atoms with Crippen LogP contribution in [-0.2, 0) is 5.41 Å².